The molecule has 0 aliphatic heterocycles. The Morgan fingerprint density at radius 3 is 2.50 bits per heavy atom. The summed E-state index contributed by atoms with van der Waals surface area (Å²) in [5.41, 5.74) is 6.92. The van der Waals surface area contributed by atoms with Crippen molar-refractivity contribution in [2.24, 2.45) is 0 Å². The molecule has 0 atom stereocenters. The molecule has 1 N–H and O–H groups in total. The molecule has 3 aromatic carbocycles. The molecule has 0 amide bonds. The number of fused-ring (bicyclic) bond motifs is 3. The molecule has 0 fully saturated rings. The van der Waals surface area contributed by atoms with Gasteiger partial charge in [0.2, 0.25) is 0 Å². The first kappa shape index (κ1) is 16.2. The summed E-state index contributed by atoms with van der Waals surface area (Å²) in [6.07, 6.45) is 8.09. The second-order valence-electron chi connectivity index (χ2n) is 6.42. The maximum absolute atomic E-state index is 4.19. The Kier molecular flexibility index (Phi) is 4.28. The average Bonchev–Trinajstić information content (AvgIpc) is 3.06. The van der Waals surface area contributed by atoms with Crippen molar-refractivity contribution in [2.75, 3.05) is 0 Å². The first-order valence-electron chi connectivity index (χ1n) is 8.86. The number of para-hydroxylation sites is 1. The van der Waals surface area contributed by atoms with E-state index in [1.54, 1.807) is 0 Å². The second kappa shape index (κ2) is 6.89. The first-order chi connectivity index (χ1) is 12.8. The minimum Gasteiger partial charge on any atom is -0.355 e. The third-order valence-electron chi connectivity index (χ3n) is 4.67. The van der Waals surface area contributed by atoms with E-state index in [1.165, 1.54) is 32.9 Å². The maximum Gasteiger partial charge on any atom is 0.0465 e. The highest BCUT2D eigenvalue weighted by Gasteiger charge is 2.06. The molecule has 4 aromatic rings. The molecule has 0 aliphatic rings. The van der Waals surface area contributed by atoms with Crippen molar-refractivity contribution in [2.45, 2.75) is 6.92 Å². The molecule has 0 aliphatic carbocycles. The van der Waals surface area contributed by atoms with Gasteiger partial charge in [-0.25, -0.2) is 0 Å². The van der Waals surface area contributed by atoms with E-state index in [1.807, 2.05) is 31.2 Å². The van der Waals surface area contributed by atoms with Gasteiger partial charge in [-0.05, 0) is 53.5 Å². The lowest BCUT2D eigenvalue weighted by Crippen LogP contribution is -1.83. The molecule has 1 heteroatoms. The van der Waals surface area contributed by atoms with Gasteiger partial charge in [0.15, 0.2) is 0 Å². The standard InChI is InChI=1S/C25H21N/c1-3-4-5-9-18(2)19-10-8-11-20(16-19)21-14-15-25-23(17-21)22-12-6-7-13-24(22)26-25/h3-17,26H,2H2,1H3/b4-3-,9-5-. The van der Waals surface area contributed by atoms with Gasteiger partial charge in [0.05, 0.1) is 0 Å². The summed E-state index contributed by atoms with van der Waals surface area (Å²) >= 11 is 0. The van der Waals surface area contributed by atoms with Crippen LogP contribution in [-0.4, -0.2) is 4.98 Å². The SMILES string of the molecule is C=C(/C=C\C=C/C)c1cccc(-c2ccc3[nH]c4ccccc4c3c2)c1. The normalized spacial score (nSPS) is 11.9. The van der Waals surface area contributed by atoms with Crippen LogP contribution in [0.4, 0.5) is 0 Å². The highest BCUT2D eigenvalue weighted by molar-refractivity contribution is 6.08. The fraction of sp³-hybridized carbons (Fsp3) is 0.0400. The number of H-pyrrole nitrogens is 1. The van der Waals surface area contributed by atoms with Crippen molar-refractivity contribution < 1.29 is 0 Å². The van der Waals surface area contributed by atoms with Gasteiger partial charge in [-0.2, -0.15) is 0 Å². The molecule has 0 saturated heterocycles. The molecule has 0 bridgehead atoms. The molecule has 126 valence electrons. The Morgan fingerprint density at radius 1 is 0.808 bits per heavy atom. The van der Waals surface area contributed by atoms with Crippen molar-refractivity contribution in [1.82, 2.24) is 4.98 Å². The molecule has 0 radical (unpaired) electrons. The van der Waals surface area contributed by atoms with E-state index in [4.69, 9.17) is 0 Å². The van der Waals surface area contributed by atoms with Gasteiger partial charge in [-0.1, -0.05) is 73.3 Å². The number of nitrogens with one attached hydrogen (secondary N) is 1. The van der Waals surface area contributed by atoms with Crippen LogP contribution in [0.5, 0.6) is 0 Å². The van der Waals surface area contributed by atoms with Gasteiger partial charge >= 0.3 is 0 Å². The fourth-order valence-electron chi connectivity index (χ4n) is 3.31. The molecule has 0 spiro atoms. The minimum atomic E-state index is 1.01. The van der Waals surface area contributed by atoms with Crippen molar-refractivity contribution in [1.29, 1.82) is 0 Å². The van der Waals surface area contributed by atoms with Gasteiger partial charge < -0.3 is 4.98 Å². The number of hydrogen-bond donors (Lipinski definition) is 1. The maximum atomic E-state index is 4.19. The average molecular weight is 335 g/mol. The summed E-state index contributed by atoms with van der Waals surface area (Å²) in [5.74, 6) is 0. The number of aromatic amines is 1. The smallest absolute Gasteiger partial charge is 0.0465 e. The van der Waals surface area contributed by atoms with Gasteiger partial charge in [0.25, 0.3) is 0 Å². The van der Waals surface area contributed by atoms with E-state index >= 15 is 0 Å². The minimum absolute atomic E-state index is 1.01. The van der Waals surface area contributed by atoms with Crippen LogP contribution < -0.4 is 0 Å². The van der Waals surface area contributed by atoms with E-state index in [-0.39, 0.29) is 0 Å². The van der Waals surface area contributed by atoms with Crippen LogP contribution in [0.25, 0.3) is 38.5 Å². The van der Waals surface area contributed by atoms with Crippen molar-refractivity contribution in [3.8, 4) is 11.1 Å². The quantitative estimate of drug-likeness (QED) is 0.382. The molecule has 1 nitrogen and oxygen atoms in total. The molecular formula is C25H21N. The number of allylic oxidation sites excluding steroid dienone is 5. The molecule has 1 heterocycles. The molecular weight excluding hydrogens is 314 g/mol. The Bertz CT molecular complexity index is 1160. The molecule has 0 saturated carbocycles. The molecule has 4 rings (SSSR count). The van der Waals surface area contributed by atoms with Gasteiger partial charge in [-0.15, -0.1) is 0 Å². The highest BCUT2D eigenvalue weighted by atomic mass is 14.7. The van der Waals surface area contributed by atoms with Crippen LogP contribution in [-0.2, 0) is 0 Å². The Morgan fingerprint density at radius 2 is 1.62 bits per heavy atom. The summed E-state index contributed by atoms with van der Waals surface area (Å²) < 4.78 is 0. The monoisotopic (exact) mass is 335 g/mol. The zero-order valence-corrected chi connectivity index (χ0v) is 14.9. The van der Waals surface area contributed by atoms with E-state index in [0.717, 1.165) is 11.1 Å². The summed E-state index contributed by atoms with van der Waals surface area (Å²) in [5, 5.41) is 2.52. The largest absolute Gasteiger partial charge is 0.355 e. The van der Waals surface area contributed by atoms with Crippen LogP contribution in [0.1, 0.15) is 12.5 Å². The third kappa shape index (κ3) is 3.00. The molecule has 0 unspecified atom stereocenters. The zero-order chi connectivity index (χ0) is 17.9. The predicted molar refractivity (Wildman–Crippen MR) is 114 cm³/mol. The highest BCUT2D eigenvalue weighted by Crippen LogP contribution is 2.31. The third-order valence-corrected chi connectivity index (χ3v) is 4.67. The van der Waals surface area contributed by atoms with Crippen molar-refractivity contribution in [3.63, 3.8) is 0 Å². The number of rotatable bonds is 4. The van der Waals surface area contributed by atoms with Crippen LogP contribution in [0.15, 0.2) is 97.6 Å². The van der Waals surface area contributed by atoms with Gasteiger partial charge in [0, 0.05) is 21.8 Å². The topological polar surface area (TPSA) is 15.8 Å². The Labute approximate surface area is 154 Å². The van der Waals surface area contributed by atoms with Crippen molar-refractivity contribution in [3.05, 3.63) is 103 Å². The fourth-order valence-corrected chi connectivity index (χ4v) is 3.31. The van der Waals surface area contributed by atoms with Crippen LogP contribution in [0, 0.1) is 0 Å². The van der Waals surface area contributed by atoms with E-state index in [2.05, 4.69) is 78.3 Å². The first-order valence-corrected chi connectivity index (χ1v) is 8.86. The summed E-state index contributed by atoms with van der Waals surface area (Å²) in [6.45, 7) is 6.20. The Hall–Kier alpha value is -3.32. The lowest BCUT2D eigenvalue weighted by atomic mass is 9.98. The van der Waals surface area contributed by atoms with E-state index < -0.39 is 0 Å². The van der Waals surface area contributed by atoms with Crippen LogP contribution in [0.3, 0.4) is 0 Å². The zero-order valence-electron chi connectivity index (χ0n) is 14.9. The van der Waals surface area contributed by atoms with E-state index in [0.29, 0.717) is 0 Å². The lowest BCUT2D eigenvalue weighted by molar-refractivity contribution is 1.54. The Balaban J connectivity index is 1.76. The van der Waals surface area contributed by atoms with Crippen LogP contribution in [0.2, 0.25) is 0 Å². The second-order valence-corrected chi connectivity index (χ2v) is 6.42. The summed E-state index contributed by atoms with van der Waals surface area (Å²) in [7, 11) is 0. The summed E-state index contributed by atoms with van der Waals surface area (Å²) in [4.78, 5) is 3.49. The number of hydrogen-bond acceptors (Lipinski definition) is 0. The van der Waals surface area contributed by atoms with Crippen LogP contribution >= 0.6 is 0 Å². The van der Waals surface area contributed by atoms with E-state index in [9.17, 15) is 0 Å². The molecule has 1 aromatic heterocycles. The predicted octanol–water partition coefficient (Wildman–Crippen LogP) is 7.13. The lowest BCUT2D eigenvalue weighted by Gasteiger charge is -2.06. The number of benzene rings is 3. The summed E-state index contributed by atoms with van der Waals surface area (Å²) in [6, 6.07) is 23.6. The molecule has 26 heavy (non-hydrogen) atoms. The number of aromatic nitrogens is 1. The van der Waals surface area contributed by atoms with Crippen molar-refractivity contribution >= 4 is 27.4 Å². The van der Waals surface area contributed by atoms with Gasteiger partial charge in [0.1, 0.15) is 0 Å². The van der Waals surface area contributed by atoms with Gasteiger partial charge in [-0.3, -0.25) is 0 Å².